The van der Waals surface area contributed by atoms with E-state index in [0.717, 1.165) is 28.1 Å². The molecule has 0 saturated carbocycles. The van der Waals surface area contributed by atoms with Crippen molar-refractivity contribution in [2.45, 2.75) is 69.2 Å². The molecule has 7 aromatic carbocycles. The van der Waals surface area contributed by atoms with Crippen molar-refractivity contribution in [1.82, 2.24) is 0 Å². The van der Waals surface area contributed by atoms with Crippen molar-refractivity contribution in [1.29, 1.82) is 0 Å². The molecule has 7 aromatic rings. The Labute approximate surface area is 404 Å². The van der Waals surface area contributed by atoms with Crippen LogP contribution in [0.15, 0.2) is 231 Å². The molecule has 0 atom stereocenters. The summed E-state index contributed by atoms with van der Waals surface area (Å²) in [5.41, 5.74) is 21.6. The molecule has 0 N–H and O–H groups in total. The second kappa shape index (κ2) is 27.2. The third kappa shape index (κ3) is 17.2. The van der Waals surface area contributed by atoms with Crippen LogP contribution in [0.5, 0.6) is 0 Å². The van der Waals surface area contributed by atoms with E-state index in [-0.39, 0.29) is 0 Å². The fraction of sp³-hybridized carbons (Fsp3) is 0.167. The Balaban J connectivity index is 0.000000210. The molecule has 0 aliphatic heterocycles. The summed E-state index contributed by atoms with van der Waals surface area (Å²) < 4.78 is 0. The molecular formula is C66H71N. The van der Waals surface area contributed by atoms with Crippen LogP contribution in [0.3, 0.4) is 0 Å². The van der Waals surface area contributed by atoms with Gasteiger partial charge in [0.25, 0.3) is 0 Å². The molecule has 0 aliphatic carbocycles. The lowest BCUT2D eigenvalue weighted by atomic mass is 9.92. The minimum absolute atomic E-state index is 0.589. The van der Waals surface area contributed by atoms with Crippen molar-refractivity contribution in [2.75, 3.05) is 0 Å². The molecule has 0 bridgehead atoms. The van der Waals surface area contributed by atoms with Gasteiger partial charge in [-0.15, -0.1) is 0 Å². The molecule has 7 rings (SSSR count). The molecule has 0 heterocycles. The SMILES string of the molecule is C=C(C)c1ccccc1.C=C(N=C(/C=C(\C)c1ccc(C)cc1)c1ccccc1)c1ccccc1.C=C/C(C)=C(\C)c1ccccc1.Cc1cc(-c2ccccc2C)c(C)cc1/C=C\C(C)C. The summed E-state index contributed by atoms with van der Waals surface area (Å²) in [6.07, 6.45) is 8.53. The number of aryl methyl sites for hydroxylation is 4. The van der Waals surface area contributed by atoms with E-state index in [1.807, 2.05) is 85.8 Å². The maximum Gasteiger partial charge on any atom is 0.0712 e. The fourth-order valence-electron chi connectivity index (χ4n) is 7.01. The van der Waals surface area contributed by atoms with Gasteiger partial charge in [0.05, 0.1) is 11.4 Å². The number of rotatable bonds is 11. The first-order valence-corrected chi connectivity index (χ1v) is 23.2. The van der Waals surface area contributed by atoms with Gasteiger partial charge < -0.3 is 0 Å². The van der Waals surface area contributed by atoms with Gasteiger partial charge in [-0.25, -0.2) is 4.99 Å². The zero-order chi connectivity index (χ0) is 48.7. The molecule has 0 spiro atoms. The van der Waals surface area contributed by atoms with Crippen LogP contribution in [-0.2, 0) is 0 Å². The summed E-state index contributed by atoms with van der Waals surface area (Å²) in [7, 11) is 0. The summed E-state index contributed by atoms with van der Waals surface area (Å²) in [6.45, 7) is 33.2. The van der Waals surface area contributed by atoms with Crippen LogP contribution in [0.4, 0.5) is 0 Å². The summed E-state index contributed by atoms with van der Waals surface area (Å²) in [4.78, 5) is 4.85. The Bertz CT molecular complexity index is 2780. The summed E-state index contributed by atoms with van der Waals surface area (Å²) >= 11 is 0. The quantitative estimate of drug-likeness (QED) is 0.0907. The Morgan fingerprint density at radius 1 is 0.493 bits per heavy atom. The van der Waals surface area contributed by atoms with E-state index in [1.54, 1.807) is 0 Å². The van der Waals surface area contributed by atoms with Crippen LogP contribution < -0.4 is 0 Å². The van der Waals surface area contributed by atoms with Crippen LogP contribution in [0.1, 0.15) is 97.2 Å². The number of allylic oxidation sites excluding steroid dienone is 7. The lowest BCUT2D eigenvalue weighted by Crippen LogP contribution is -1.99. The maximum absolute atomic E-state index is 4.85. The van der Waals surface area contributed by atoms with Gasteiger partial charge in [0.15, 0.2) is 0 Å². The lowest BCUT2D eigenvalue weighted by Gasteiger charge is -2.13. The van der Waals surface area contributed by atoms with Crippen LogP contribution in [0.25, 0.3) is 39.6 Å². The van der Waals surface area contributed by atoms with Crippen molar-refractivity contribution in [3.8, 4) is 11.1 Å². The number of hydrogen-bond donors (Lipinski definition) is 0. The molecular weight excluding hydrogens is 807 g/mol. The molecule has 67 heavy (non-hydrogen) atoms. The van der Waals surface area contributed by atoms with Gasteiger partial charge in [0.1, 0.15) is 0 Å². The average Bonchev–Trinajstić information content (AvgIpc) is 3.35. The summed E-state index contributed by atoms with van der Waals surface area (Å²) in [5, 5.41) is 0. The molecule has 0 saturated heterocycles. The second-order valence-electron chi connectivity index (χ2n) is 17.3. The van der Waals surface area contributed by atoms with Gasteiger partial charge >= 0.3 is 0 Å². The predicted octanol–water partition coefficient (Wildman–Crippen LogP) is 18.9. The maximum atomic E-state index is 4.85. The molecule has 0 unspecified atom stereocenters. The van der Waals surface area contributed by atoms with Crippen LogP contribution in [0, 0.1) is 33.6 Å². The summed E-state index contributed by atoms with van der Waals surface area (Å²) in [5.74, 6) is 0.589. The van der Waals surface area contributed by atoms with E-state index in [1.165, 1.54) is 72.4 Å². The number of nitrogens with zero attached hydrogens (tertiary/aromatic N) is 1. The minimum Gasteiger partial charge on any atom is -0.248 e. The molecule has 1 nitrogen and oxygen atoms in total. The van der Waals surface area contributed by atoms with Crippen molar-refractivity contribution in [2.24, 2.45) is 10.9 Å². The van der Waals surface area contributed by atoms with Gasteiger partial charge in [-0.2, -0.15) is 0 Å². The third-order valence-electron chi connectivity index (χ3n) is 11.4. The Morgan fingerprint density at radius 2 is 0.985 bits per heavy atom. The fourth-order valence-corrected chi connectivity index (χ4v) is 7.01. The molecule has 0 amide bonds. The standard InChI is InChI=1S/C25H23N.C20H24.C12H14.C9H10/c1-19-14-16-22(17-15-19)20(2)18-25(24-12-8-5-9-13-24)26-21(3)23-10-6-4-7-11-23;1-14(2)10-11-18-12-17(5)20(13-16(18)4)19-9-7-6-8-15(19)3;1-4-10(2)11(3)12-8-6-5-7-9-12;1-8(2)9-6-4-3-5-7-9/h4-18H,3H2,1-2H3;6-14H,1-5H3;4-9H,1H2,2-3H3;3-7H,1H2,2H3/b20-18+,26-25?;11-10-;11-10+;. The van der Waals surface area contributed by atoms with Gasteiger partial charge in [0, 0.05) is 5.56 Å². The first-order chi connectivity index (χ1) is 32.2. The monoisotopic (exact) mass is 878 g/mol. The highest BCUT2D eigenvalue weighted by Gasteiger charge is 2.08. The normalized spacial score (nSPS) is 11.5. The largest absolute Gasteiger partial charge is 0.248 e. The first-order valence-electron chi connectivity index (χ1n) is 23.2. The number of benzene rings is 7. The van der Waals surface area contributed by atoms with Crippen molar-refractivity contribution in [3.63, 3.8) is 0 Å². The number of hydrogen-bond acceptors (Lipinski definition) is 1. The Hall–Kier alpha value is -7.35. The lowest BCUT2D eigenvalue weighted by molar-refractivity contribution is 0.836. The smallest absolute Gasteiger partial charge is 0.0712 e. The molecule has 0 fully saturated rings. The van der Waals surface area contributed by atoms with Gasteiger partial charge in [-0.3, -0.25) is 0 Å². The zero-order valence-corrected chi connectivity index (χ0v) is 41.8. The summed E-state index contributed by atoms with van der Waals surface area (Å²) in [6, 6.07) is 62.6. The van der Waals surface area contributed by atoms with E-state index in [9.17, 15) is 0 Å². The highest BCUT2D eigenvalue weighted by atomic mass is 14.8. The first kappa shape index (κ1) is 52.3. The van der Waals surface area contributed by atoms with E-state index >= 15 is 0 Å². The van der Waals surface area contributed by atoms with Crippen LogP contribution in [-0.4, -0.2) is 5.71 Å². The average molecular weight is 878 g/mol. The van der Waals surface area contributed by atoms with E-state index in [4.69, 9.17) is 4.99 Å². The highest BCUT2D eigenvalue weighted by molar-refractivity contribution is 6.14. The van der Waals surface area contributed by atoms with Crippen molar-refractivity contribution >= 4 is 34.2 Å². The van der Waals surface area contributed by atoms with Gasteiger partial charge in [0.2, 0.25) is 0 Å². The zero-order valence-electron chi connectivity index (χ0n) is 41.8. The topological polar surface area (TPSA) is 12.4 Å². The van der Waals surface area contributed by atoms with E-state index < -0.39 is 0 Å². The van der Waals surface area contributed by atoms with Crippen LogP contribution in [0.2, 0.25) is 0 Å². The molecule has 0 aliphatic rings. The van der Waals surface area contributed by atoms with Gasteiger partial charge in [-0.1, -0.05) is 245 Å². The van der Waals surface area contributed by atoms with E-state index in [0.29, 0.717) is 5.92 Å². The molecule has 340 valence electrons. The Morgan fingerprint density at radius 3 is 1.48 bits per heavy atom. The van der Waals surface area contributed by atoms with E-state index in [2.05, 4.69) is 209 Å². The Kier molecular flexibility index (Phi) is 21.2. The second-order valence-corrected chi connectivity index (χ2v) is 17.3. The van der Waals surface area contributed by atoms with Crippen LogP contribution >= 0.6 is 0 Å². The molecule has 0 radical (unpaired) electrons. The third-order valence-corrected chi connectivity index (χ3v) is 11.4. The van der Waals surface area contributed by atoms with Crippen molar-refractivity contribution < 1.29 is 0 Å². The predicted molar refractivity (Wildman–Crippen MR) is 299 cm³/mol. The molecule has 1 heteroatoms. The minimum atomic E-state index is 0.589. The highest BCUT2D eigenvalue weighted by Crippen LogP contribution is 2.30. The number of aliphatic imine (C=N–C) groups is 1. The van der Waals surface area contributed by atoms with Crippen molar-refractivity contribution in [3.05, 3.63) is 281 Å². The molecule has 0 aromatic heterocycles. The van der Waals surface area contributed by atoms with Gasteiger partial charge in [-0.05, 0) is 140 Å².